The van der Waals surface area contributed by atoms with Crippen molar-refractivity contribution in [2.75, 3.05) is 4.90 Å². The van der Waals surface area contributed by atoms with Crippen LogP contribution in [-0.4, -0.2) is 28.9 Å². The van der Waals surface area contributed by atoms with Crippen LogP contribution in [0, 0.1) is 5.82 Å². The Morgan fingerprint density at radius 3 is 2.29 bits per heavy atom. The molecule has 0 radical (unpaired) electrons. The van der Waals surface area contributed by atoms with Crippen LogP contribution < -0.4 is 10.2 Å². The van der Waals surface area contributed by atoms with Gasteiger partial charge in [0.2, 0.25) is 0 Å². The van der Waals surface area contributed by atoms with E-state index < -0.39 is 29.6 Å². The summed E-state index contributed by atoms with van der Waals surface area (Å²) >= 11 is 0. The number of carboxylic acids is 1. The number of carbonyl (C=O) groups excluding carboxylic acids is 3. The van der Waals surface area contributed by atoms with Crippen LogP contribution in [0.3, 0.4) is 0 Å². The number of barbiturate groups is 1. The van der Waals surface area contributed by atoms with E-state index in [9.17, 15) is 23.6 Å². The lowest BCUT2D eigenvalue weighted by Gasteiger charge is -2.26. The number of nitrogens with zero attached hydrogens (tertiary/aromatic N) is 1. The van der Waals surface area contributed by atoms with E-state index in [4.69, 9.17) is 9.52 Å². The fourth-order valence-electron chi connectivity index (χ4n) is 2.99. The molecule has 8 nitrogen and oxygen atoms in total. The van der Waals surface area contributed by atoms with Crippen LogP contribution in [0.15, 0.2) is 70.7 Å². The van der Waals surface area contributed by atoms with Gasteiger partial charge < -0.3 is 9.52 Å². The highest BCUT2D eigenvalue weighted by Crippen LogP contribution is 2.26. The Morgan fingerprint density at radius 1 is 0.968 bits per heavy atom. The van der Waals surface area contributed by atoms with Gasteiger partial charge in [0, 0.05) is 5.56 Å². The molecule has 1 fully saturated rings. The van der Waals surface area contributed by atoms with Gasteiger partial charge in [-0.2, -0.15) is 0 Å². The number of halogens is 1. The van der Waals surface area contributed by atoms with Crippen molar-refractivity contribution < 1.29 is 33.1 Å². The molecular weight excluding hydrogens is 407 g/mol. The van der Waals surface area contributed by atoms with Gasteiger partial charge in [0.05, 0.1) is 11.3 Å². The van der Waals surface area contributed by atoms with E-state index in [1.807, 2.05) is 0 Å². The fourth-order valence-corrected chi connectivity index (χ4v) is 2.99. The van der Waals surface area contributed by atoms with Crippen molar-refractivity contribution in [3.05, 3.63) is 83.4 Å². The summed E-state index contributed by atoms with van der Waals surface area (Å²) in [5, 5.41) is 11.0. The quantitative estimate of drug-likeness (QED) is 0.493. The average molecular weight is 420 g/mol. The van der Waals surface area contributed by atoms with Crippen LogP contribution in [-0.2, 0) is 9.59 Å². The summed E-state index contributed by atoms with van der Waals surface area (Å²) in [6, 6.07) is 12.8. The molecule has 9 heteroatoms. The van der Waals surface area contributed by atoms with Crippen LogP contribution in [0.2, 0.25) is 0 Å². The first-order valence-corrected chi connectivity index (χ1v) is 8.94. The van der Waals surface area contributed by atoms with Gasteiger partial charge in [0.1, 0.15) is 22.9 Å². The van der Waals surface area contributed by atoms with Crippen molar-refractivity contribution in [2.24, 2.45) is 0 Å². The minimum absolute atomic E-state index is 0.0981. The topological polar surface area (TPSA) is 117 Å². The molecule has 1 aromatic heterocycles. The molecule has 2 heterocycles. The smallest absolute Gasteiger partial charge is 0.335 e. The van der Waals surface area contributed by atoms with Crippen molar-refractivity contribution in [3.63, 3.8) is 0 Å². The Morgan fingerprint density at radius 2 is 1.65 bits per heavy atom. The van der Waals surface area contributed by atoms with E-state index in [0.717, 1.165) is 17.0 Å². The average Bonchev–Trinajstić information content (AvgIpc) is 3.21. The number of rotatable bonds is 4. The summed E-state index contributed by atoms with van der Waals surface area (Å²) < 4.78 is 18.8. The summed E-state index contributed by atoms with van der Waals surface area (Å²) in [6.45, 7) is 0. The third-order valence-corrected chi connectivity index (χ3v) is 4.52. The predicted octanol–water partition coefficient (Wildman–Crippen LogP) is 3.45. The van der Waals surface area contributed by atoms with Crippen LogP contribution in [0.5, 0.6) is 0 Å². The molecule has 4 amide bonds. The predicted molar refractivity (Wildman–Crippen MR) is 107 cm³/mol. The Kier molecular flexibility index (Phi) is 4.92. The van der Waals surface area contributed by atoms with Crippen molar-refractivity contribution in [3.8, 4) is 11.3 Å². The standard InChI is InChI=1S/C22H13FN2O6/c23-14-5-7-15(8-6-14)25-20(27)17(19(26)24-22(25)30)11-16-9-10-18(31-16)12-1-3-13(4-2-12)21(28)29/h1-11H,(H,28,29)(H,24,26,30)/b17-11+. The molecule has 3 aromatic rings. The second-order valence-corrected chi connectivity index (χ2v) is 6.52. The Bertz CT molecular complexity index is 1240. The Balaban J connectivity index is 1.63. The van der Waals surface area contributed by atoms with Crippen molar-refractivity contribution >= 4 is 35.6 Å². The van der Waals surface area contributed by atoms with Gasteiger partial charge in [-0.15, -0.1) is 0 Å². The number of furan rings is 1. The third-order valence-electron chi connectivity index (χ3n) is 4.52. The zero-order valence-electron chi connectivity index (χ0n) is 15.7. The highest BCUT2D eigenvalue weighted by atomic mass is 19.1. The van der Waals surface area contributed by atoms with Gasteiger partial charge in [-0.25, -0.2) is 18.9 Å². The fraction of sp³-hybridized carbons (Fsp3) is 0. The molecule has 0 spiro atoms. The Hall–Kier alpha value is -4.53. The molecule has 0 saturated carbocycles. The maximum absolute atomic E-state index is 13.2. The molecule has 0 unspecified atom stereocenters. The van der Waals surface area contributed by atoms with Crippen molar-refractivity contribution in [1.82, 2.24) is 5.32 Å². The SMILES string of the molecule is O=C1NC(=O)N(c2ccc(F)cc2)C(=O)/C1=C/c1ccc(-c2ccc(C(=O)O)cc2)o1. The number of amides is 4. The number of nitrogens with one attached hydrogen (secondary N) is 1. The normalized spacial score (nSPS) is 15.3. The molecule has 4 rings (SSSR count). The first kappa shape index (κ1) is 19.8. The molecule has 2 aromatic carbocycles. The summed E-state index contributed by atoms with van der Waals surface area (Å²) in [4.78, 5) is 48.9. The lowest BCUT2D eigenvalue weighted by atomic mass is 10.1. The maximum atomic E-state index is 13.2. The van der Waals surface area contributed by atoms with Crippen LogP contribution in [0.4, 0.5) is 14.9 Å². The minimum atomic E-state index is -1.06. The number of anilines is 1. The third kappa shape index (κ3) is 3.84. The van der Waals surface area contributed by atoms with Gasteiger partial charge in [-0.05, 0) is 54.6 Å². The van der Waals surface area contributed by atoms with Gasteiger partial charge in [0.25, 0.3) is 11.8 Å². The highest BCUT2D eigenvalue weighted by molar-refractivity contribution is 6.39. The number of carboxylic acid groups (broad SMARTS) is 1. The van der Waals surface area contributed by atoms with E-state index in [2.05, 4.69) is 5.32 Å². The number of benzene rings is 2. The first-order valence-electron chi connectivity index (χ1n) is 8.94. The molecule has 1 saturated heterocycles. The summed E-state index contributed by atoms with van der Waals surface area (Å²) in [7, 11) is 0. The number of hydrogen-bond acceptors (Lipinski definition) is 5. The second kappa shape index (κ2) is 7.71. The summed E-state index contributed by atoms with van der Waals surface area (Å²) in [5.41, 5.74) is 0.469. The monoisotopic (exact) mass is 420 g/mol. The molecular formula is C22H13FN2O6. The lowest BCUT2D eigenvalue weighted by Crippen LogP contribution is -2.54. The molecule has 0 aliphatic carbocycles. The van der Waals surface area contributed by atoms with Gasteiger partial charge in [-0.3, -0.25) is 14.9 Å². The van der Waals surface area contributed by atoms with Gasteiger partial charge in [-0.1, -0.05) is 12.1 Å². The Labute approximate surface area is 174 Å². The van der Waals surface area contributed by atoms with E-state index in [0.29, 0.717) is 11.3 Å². The highest BCUT2D eigenvalue weighted by Gasteiger charge is 2.37. The molecule has 0 atom stereocenters. The van der Waals surface area contributed by atoms with Gasteiger partial charge in [0.15, 0.2) is 0 Å². The minimum Gasteiger partial charge on any atom is -0.478 e. The molecule has 154 valence electrons. The molecule has 1 aliphatic heterocycles. The first-order chi connectivity index (χ1) is 14.8. The van der Waals surface area contributed by atoms with E-state index >= 15 is 0 Å². The van der Waals surface area contributed by atoms with E-state index in [-0.39, 0.29) is 22.6 Å². The van der Waals surface area contributed by atoms with E-state index in [1.54, 1.807) is 18.2 Å². The zero-order chi connectivity index (χ0) is 22.1. The molecule has 31 heavy (non-hydrogen) atoms. The zero-order valence-corrected chi connectivity index (χ0v) is 15.7. The van der Waals surface area contributed by atoms with Crippen molar-refractivity contribution in [2.45, 2.75) is 0 Å². The maximum Gasteiger partial charge on any atom is 0.335 e. The second-order valence-electron chi connectivity index (χ2n) is 6.52. The van der Waals surface area contributed by atoms with Crippen LogP contribution in [0.1, 0.15) is 16.1 Å². The summed E-state index contributed by atoms with van der Waals surface area (Å²) in [5.74, 6) is -2.82. The molecule has 0 bridgehead atoms. The van der Waals surface area contributed by atoms with E-state index in [1.165, 1.54) is 36.4 Å². The lowest BCUT2D eigenvalue weighted by molar-refractivity contribution is -0.122. The number of imide groups is 2. The van der Waals surface area contributed by atoms with Gasteiger partial charge >= 0.3 is 12.0 Å². The number of urea groups is 1. The van der Waals surface area contributed by atoms with Crippen molar-refractivity contribution in [1.29, 1.82) is 0 Å². The summed E-state index contributed by atoms with van der Waals surface area (Å²) in [6.07, 6.45) is 1.19. The molecule has 2 N–H and O–H groups in total. The van der Waals surface area contributed by atoms with Crippen LogP contribution >= 0.6 is 0 Å². The number of carbonyl (C=O) groups is 4. The van der Waals surface area contributed by atoms with Crippen LogP contribution in [0.25, 0.3) is 17.4 Å². The molecule has 1 aliphatic rings. The number of aromatic carboxylic acids is 1. The largest absolute Gasteiger partial charge is 0.478 e. The number of hydrogen-bond donors (Lipinski definition) is 2.